The first-order valence-electron chi connectivity index (χ1n) is 5.80. The van der Waals surface area contributed by atoms with Gasteiger partial charge in [0.1, 0.15) is 12.9 Å². The highest BCUT2D eigenvalue weighted by Crippen LogP contribution is 2.33. The van der Waals surface area contributed by atoms with Gasteiger partial charge in [0.15, 0.2) is 6.79 Å². The number of benzene rings is 1. The summed E-state index contributed by atoms with van der Waals surface area (Å²) in [7, 11) is 3.18. The van der Waals surface area contributed by atoms with Crippen molar-refractivity contribution in [1.29, 1.82) is 0 Å². The first-order valence-corrected chi connectivity index (χ1v) is 6.60. The van der Waals surface area contributed by atoms with Crippen LogP contribution in [0.15, 0.2) is 21.8 Å². The number of oxime groups is 1. The standard InChI is InChI=1S/C13H16BrNO3/c1-16-8-18-10-6-9-4-3-5-12(15-17-2)13(9)11(14)7-10/h6-7H,3-5,8H2,1-2H3/b15-12+. The molecule has 1 aliphatic rings. The Kier molecular flexibility index (Phi) is 4.60. The van der Waals surface area contributed by atoms with Crippen molar-refractivity contribution < 1.29 is 14.3 Å². The normalized spacial score (nSPS) is 16.5. The van der Waals surface area contributed by atoms with E-state index in [0.29, 0.717) is 0 Å². The molecule has 0 unspecified atom stereocenters. The molecular formula is C13H16BrNO3. The number of ether oxygens (including phenoxy) is 2. The van der Waals surface area contributed by atoms with Gasteiger partial charge in [-0.3, -0.25) is 0 Å². The fourth-order valence-electron chi connectivity index (χ4n) is 2.14. The molecule has 0 N–H and O–H groups in total. The van der Waals surface area contributed by atoms with E-state index in [0.717, 1.165) is 40.8 Å². The lowest BCUT2D eigenvalue weighted by Gasteiger charge is -2.20. The van der Waals surface area contributed by atoms with Crippen LogP contribution in [-0.4, -0.2) is 26.7 Å². The highest BCUT2D eigenvalue weighted by atomic mass is 79.9. The van der Waals surface area contributed by atoms with Crippen LogP contribution in [-0.2, 0) is 16.0 Å². The Morgan fingerprint density at radius 3 is 2.83 bits per heavy atom. The van der Waals surface area contributed by atoms with Gasteiger partial charge in [0.05, 0.1) is 5.71 Å². The number of hydrogen-bond donors (Lipinski definition) is 0. The van der Waals surface area contributed by atoms with Crippen LogP contribution in [0.4, 0.5) is 0 Å². The van der Waals surface area contributed by atoms with Crippen LogP contribution in [0.1, 0.15) is 24.0 Å². The monoisotopic (exact) mass is 313 g/mol. The summed E-state index contributed by atoms with van der Waals surface area (Å²) in [5, 5.41) is 4.10. The third-order valence-corrected chi connectivity index (χ3v) is 3.46. The SMILES string of the molecule is COCOc1cc(Br)c2c(c1)CCC/C2=N\OC. The van der Waals surface area contributed by atoms with Crippen molar-refractivity contribution in [3.8, 4) is 5.75 Å². The van der Waals surface area contributed by atoms with E-state index in [1.54, 1.807) is 14.2 Å². The highest BCUT2D eigenvalue weighted by molar-refractivity contribution is 9.10. The maximum Gasteiger partial charge on any atom is 0.188 e. The molecule has 98 valence electrons. The number of aryl methyl sites for hydroxylation is 1. The van der Waals surface area contributed by atoms with Crippen molar-refractivity contribution in [3.05, 3.63) is 27.7 Å². The summed E-state index contributed by atoms with van der Waals surface area (Å²) in [5.74, 6) is 0.807. The van der Waals surface area contributed by atoms with Crippen molar-refractivity contribution in [3.63, 3.8) is 0 Å². The Hall–Kier alpha value is -1.07. The molecule has 4 nitrogen and oxygen atoms in total. The molecule has 0 saturated heterocycles. The van der Waals surface area contributed by atoms with Crippen molar-refractivity contribution in [2.45, 2.75) is 19.3 Å². The molecule has 0 spiro atoms. The molecule has 1 aromatic carbocycles. The van der Waals surface area contributed by atoms with Gasteiger partial charge < -0.3 is 14.3 Å². The van der Waals surface area contributed by atoms with Gasteiger partial charge in [-0.15, -0.1) is 0 Å². The third-order valence-electron chi connectivity index (χ3n) is 2.84. The predicted octanol–water partition coefficient (Wildman–Crippen LogP) is 3.12. The van der Waals surface area contributed by atoms with E-state index in [2.05, 4.69) is 21.1 Å². The molecule has 0 atom stereocenters. The van der Waals surface area contributed by atoms with Gasteiger partial charge in [-0.2, -0.15) is 0 Å². The zero-order valence-corrected chi connectivity index (χ0v) is 12.1. The summed E-state index contributed by atoms with van der Waals surface area (Å²) in [6.45, 7) is 0.254. The molecule has 0 heterocycles. The van der Waals surface area contributed by atoms with E-state index >= 15 is 0 Å². The van der Waals surface area contributed by atoms with Crippen molar-refractivity contribution in [2.24, 2.45) is 5.16 Å². The molecule has 0 aliphatic heterocycles. The average Bonchev–Trinajstić information content (AvgIpc) is 2.36. The molecule has 5 heteroatoms. The quantitative estimate of drug-likeness (QED) is 0.633. The van der Waals surface area contributed by atoms with Gasteiger partial charge in [0, 0.05) is 17.1 Å². The largest absolute Gasteiger partial charge is 0.468 e. The minimum Gasteiger partial charge on any atom is -0.468 e. The molecular weight excluding hydrogens is 298 g/mol. The molecule has 0 aromatic heterocycles. The Morgan fingerprint density at radius 2 is 2.11 bits per heavy atom. The van der Waals surface area contributed by atoms with Gasteiger partial charge in [0.25, 0.3) is 0 Å². The first-order chi connectivity index (χ1) is 8.76. The minimum absolute atomic E-state index is 0.254. The second-order valence-corrected chi connectivity index (χ2v) is 4.92. The Morgan fingerprint density at radius 1 is 1.28 bits per heavy atom. The summed E-state index contributed by atoms with van der Waals surface area (Å²) in [6, 6.07) is 3.98. The minimum atomic E-state index is 0.254. The lowest BCUT2D eigenvalue weighted by molar-refractivity contribution is 0.0510. The molecule has 0 fully saturated rings. The molecule has 1 aliphatic carbocycles. The molecule has 2 rings (SSSR count). The Labute approximate surface area is 115 Å². The topological polar surface area (TPSA) is 40.0 Å². The van der Waals surface area contributed by atoms with E-state index in [1.807, 2.05) is 12.1 Å². The smallest absolute Gasteiger partial charge is 0.188 e. The Bertz CT molecular complexity index is 460. The molecule has 0 amide bonds. The highest BCUT2D eigenvalue weighted by Gasteiger charge is 2.20. The number of rotatable bonds is 4. The fourth-order valence-corrected chi connectivity index (χ4v) is 2.85. The lowest BCUT2D eigenvalue weighted by atomic mass is 9.90. The second kappa shape index (κ2) is 6.20. The number of halogens is 1. The maximum absolute atomic E-state index is 5.47. The van der Waals surface area contributed by atoms with Crippen LogP contribution in [0, 0.1) is 0 Å². The number of methoxy groups -OCH3 is 1. The van der Waals surface area contributed by atoms with E-state index in [4.69, 9.17) is 14.3 Å². The molecule has 0 saturated carbocycles. The summed E-state index contributed by atoms with van der Waals surface area (Å²) in [4.78, 5) is 4.90. The van der Waals surface area contributed by atoms with E-state index in [9.17, 15) is 0 Å². The van der Waals surface area contributed by atoms with E-state index in [-0.39, 0.29) is 6.79 Å². The van der Waals surface area contributed by atoms with Gasteiger partial charge >= 0.3 is 0 Å². The third kappa shape index (κ3) is 2.84. The first kappa shape index (κ1) is 13.4. The molecule has 0 radical (unpaired) electrons. The summed E-state index contributed by atoms with van der Waals surface area (Å²) in [6.07, 6.45) is 3.05. The van der Waals surface area contributed by atoms with E-state index < -0.39 is 0 Å². The summed E-state index contributed by atoms with van der Waals surface area (Å²) < 4.78 is 11.4. The van der Waals surface area contributed by atoms with Crippen LogP contribution in [0.3, 0.4) is 0 Å². The van der Waals surface area contributed by atoms with Crippen LogP contribution in [0.25, 0.3) is 0 Å². The summed E-state index contributed by atoms with van der Waals surface area (Å²) in [5.41, 5.74) is 3.36. The van der Waals surface area contributed by atoms with Gasteiger partial charge in [-0.25, -0.2) is 0 Å². The zero-order chi connectivity index (χ0) is 13.0. The molecule has 18 heavy (non-hydrogen) atoms. The van der Waals surface area contributed by atoms with Crippen LogP contribution in [0.5, 0.6) is 5.75 Å². The average molecular weight is 314 g/mol. The lowest BCUT2D eigenvalue weighted by Crippen LogP contribution is -2.13. The van der Waals surface area contributed by atoms with Crippen LogP contribution >= 0.6 is 15.9 Å². The number of fused-ring (bicyclic) bond motifs is 1. The van der Waals surface area contributed by atoms with Gasteiger partial charge in [0.2, 0.25) is 0 Å². The van der Waals surface area contributed by atoms with Crippen molar-refractivity contribution in [2.75, 3.05) is 21.0 Å². The number of nitrogens with zero attached hydrogens (tertiary/aromatic N) is 1. The fraction of sp³-hybridized carbons (Fsp3) is 0.462. The number of hydrogen-bond acceptors (Lipinski definition) is 4. The van der Waals surface area contributed by atoms with E-state index in [1.165, 1.54) is 5.56 Å². The van der Waals surface area contributed by atoms with Crippen LogP contribution < -0.4 is 4.74 Å². The maximum atomic E-state index is 5.47. The predicted molar refractivity (Wildman–Crippen MR) is 73.1 cm³/mol. The van der Waals surface area contributed by atoms with Gasteiger partial charge in [-0.05, 0) is 52.9 Å². The Balaban J connectivity index is 2.36. The van der Waals surface area contributed by atoms with Crippen LogP contribution in [0.2, 0.25) is 0 Å². The zero-order valence-electron chi connectivity index (χ0n) is 10.5. The van der Waals surface area contributed by atoms with Crippen molar-refractivity contribution in [1.82, 2.24) is 0 Å². The second-order valence-electron chi connectivity index (χ2n) is 4.06. The summed E-state index contributed by atoms with van der Waals surface area (Å²) >= 11 is 3.58. The van der Waals surface area contributed by atoms with Gasteiger partial charge in [-0.1, -0.05) is 5.16 Å². The van der Waals surface area contributed by atoms with Crippen molar-refractivity contribution >= 4 is 21.6 Å². The molecule has 0 bridgehead atoms. The molecule has 1 aromatic rings.